The van der Waals surface area contributed by atoms with Crippen LogP contribution in [0.3, 0.4) is 0 Å². The third kappa shape index (κ3) is 4.09. The molecule has 2 N–H and O–H groups in total. The van der Waals surface area contributed by atoms with Gasteiger partial charge in [0.25, 0.3) is 0 Å². The van der Waals surface area contributed by atoms with Crippen LogP contribution < -0.4 is 5.32 Å². The molecule has 1 aliphatic rings. The second-order valence-corrected chi connectivity index (χ2v) is 6.34. The molecule has 0 aromatic heterocycles. The second kappa shape index (κ2) is 5.36. The number of carboxylic acids is 1. The van der Waals surface area contributed by atoms with Crippen LogP contribution in [-0.2, 0) is 9.53 Å². The van der Waals surface area contributed by atoms with Crippen molar-refractivity contribution in [2.45, 2.75) is 57.7 Å². The lowest BCUT2D eigenvalue weighted by Gasteiger charge is -2.42. The van der Waals surface area contributed by atoms with Crippen molar-refractivity contribution in [2.75, 3.05) is 13.6 Å². The standard InChI is InChI=1S/C13H24N2O4/c1-12(2,3)19-11(18)14-9-6-7-15(5)13(4,8-9)10(16)17/h9H,6-8H2,1-5H3,(H,14,18)(H,16,17). The minimum absolute atomic E-state index is 0.174. The molecule has 0 aromatic carbocycles. The molecule has 19 heavy (non-hydrogen) atoms. The zero-order valence-electron chi connectivity index (χ0n) is 12.3. The summed E-state index contributed by atoms with van der Waals surface area (Å²) < 4.78 is 5.18. The van der Waals surface area contributed by atoms with Crippen LogP contribution in [-0.4, -0.2) is 52.8 Å². The number of likely N-dealkylation sites (tertiary alicyclic amines) is 1. The minimum atomic E-state index is -0.946. The molecule has 0 radical (unpaired) electrons. The Kier molecular flexibility index (Phi) is 4.45. The second-order valence-electron chi connectivity index (χ2n) is 6.34. The van der Waals surface area contributed by atoms with Gasteiger partial charge in [-0.15, -0.1) is 0 Å². The van der Waals surface area contributed by atoms with Gasteiger partial charge in [0.05, 0.1) is 0 Å². The van der Waals surface area contributed by atoms with Gasteiger partial charge < -0.3 is 15.2 Å². The average Bonchev–Trinajstić information content (AvgIpc) is 2.20. The number of carboxylic acid groups (broad SMARTS) is 1. The first-order valence-corrected chi connectivity index (χ1v) is 6.49. The van der Waals surface area contributed by atoms with Crippen LogP contribution in [0.25, 0.3) is 0 Å². The molecular formula is C13H24N2O4. The van der Waals surface area contributed by atoms with Gasteiger partial charge in [0.1, 0.15) is 11.1 Å². The lowest BCUT2D eigenvalue weighted by atomic mass is 9.86. The molecule has 1 aliphatic heterocycles. The van der Waals surface area contributed by atoms with Gasteiger partial charge in [0.15, 0.2) is 0 Å². The van der Waals surface area contributed by atoms with Crippen LogP contribution in [0.5, 0.6) is 0 Å². The maximum absolute atomic E-state index is 11.7. The molecule has 0 aliphatic carbocycles. The molecule has 1 amide bonds. The van der Waals surface area contributed by atoms with Gasteiger partial charge in [0, 0.05) is 12.6 Å². The largest absolute Gasteiger partial charge is 0.480 e. The third-order valence-electron chi connectivity index (χ3n) is 3.48. The Morgan fingerprint density at radius 3 is 2.47 bits per heavy atom. The molecule has 1 rings (SSSR count). The van der Waals surface area contributed by atoms with Crippen LogP contribution in [0.1, 0.15) is 40.5 Å². The number of hydrogen-bond donors (Lipinski definition) is 2. The normalized spacial score (nSPS) is 28.8. The van der Waals surface area contributed by atoms with Gasteiger partial charge in [-0.2, -0.15) is 0 Å². The molecule has 0 aromatic rings. The smallest absolute Gasteiger partial charge is 0.407 e. The molecule has 0 saturated carbocycles. The predicted molar refractivity (Wildman–Crippen MR) is 71.1 cm³/mol. The molecule has 2 unspecified atom stereocenters. The van der Waals surface area contributed by atoms with E-state index in [2.05, 4.69) is 5.32 Å². The molecule has 110 valence electrons. The number of likely N-dealkylation sites (N-methyl/N-ethyl adjacent to an activating group) is 1. The maximum Gasteiger partial charge on any atom is 0.407 e. The molecule has 1 saturated heterocycles. The summed E-state index contributed by atoms with van der Waals surface area (Å²) in [6.07, 6.45) is 0.603. The molecule has 1 heterocycles. The monoisotopic (exact) mass is 272 g/mol. The van der Waals surface area contributed by atoms with Crippen molar-refractivity contribution in [2.24, 2.45) is 0 Å². The number of alkyl carbamates (subject to hydrolysis) is 1. The fourth-order valence-electron chi connectivity index (χ4n) is 2.18. The molecule has 6 heteroatoms. The summed E-state index contributed by atoms with van der Waals surface area (Å²) in [5, 5.41) is 12.1. The van der Waals surface area contributed by atoms with Crippen molar-refractivity contribution in [3.8, 4) is 0 Å². The van der Waals surface area contributed by atoms with Gasteiger partial charge in [-0.25, -0.2) is 4.79 Å². The molecule has 0 spiro atoms. The van der Waals surface area contributed by atoms with E-state index in [4.69, 9.17) is 4.74 Å². The summed E-state index contributed by atoms with van der Waals surface area (Å²) in [4.78, 5) is 24.9. The Morgan fingerprint density at radius 2 is 2.00 bits per heavy atom. The summed E-state index contributed by atoms with van der Waals surface area (Å²) in [6.45, 7) is 7.69. The van der Waals surface area contributed by atoms with Crippen molar-refractivity contribution in [3.63, 3.8) is 0 Å². The lowest BCUT2D eigenvalue weighted by molar-refractivity contribution is -0.152. The maximum atomic E-state index is 11.7. The highest BCUT2D eigenvalue weighted by molar-refractivity contribution is 5.78. The van der Waals surface area contributed by atoms with Crippen molar-refractivity contribution in [1.29, 1.82) is 0 Å². The van der Waals surface area contributed by atoms with Crippen LogP contribution in [0.15, 0.2) is 0 Å². The summed E-state index contributed by atoms with van der Waals surface area (Å²) >= 11 is 0. The summed E-state index contributed by atoms with van der Waals surface area (Å²) in [5.74, 6) is -0.870. The van der Waals surface area contributed by atoms with Gasteiger partial charge in [-0.1, -0.05) is 0 Å². The third-order valence-corrected chi connectivity index (χ3v) is 3.48. The van der Waals surface area contributed by atoms with Crippen molar-refractivity contribution in [3.05, 3.63) is 0 Å². The first kappa shape index (κ1) is 15.8. The molecule has 6 nitrogen and oxygen atoms in total. The summed E-state index contributed by atoms with van der Waals surface area (Å²) in [5.41, 5.74) is -1.50. The molecule has 2 atom stereocenters. The van der Waals surface area contributed by atoms with Gasteiger partial charge in [0.2, 0.25) is 0 Å². The number of hydrogen-bond acceptors (Lipinski definition) is 4. The number of nitrogens with one attached hydrogen (secondary N) is 1. The van der Waals surface area contributed by atoms with Crippen molar-refractivity contribution >= 4 is 12.1 Å². The van der Waals surface area contributed by atoms with Gasteiger partial charge in [-0.3, -0.25) is 9.69 Å². The number of amides is 1. The Balaban J connectivity index is 2.62. The van der Waals surface area contributed by atoms with Crippen LogP contribution >= 0.6 is 0 Å². The van der Waals surface area contributed by atoms with E-state index < -0.39 is 23.2 Å². The van der Waals surface area contributed by atoms with Crippen LogP contribution in [0.2, 0.25) is 0 Å². The number of carbonyl (C=O) groups is 2. The number of rotatable bonds is 2. The van der Waals surface area contributed by atoms with Crippen molar-refractivity contribution in [1.82, 2.24) is 10.2 Å². The van der Waals surface area contributed by atoms with E-state index in [1.807, 2.05) is 4.90 Å². The number of carbonyl (C=O) groups excluding carboxylic acids is 1. The van der Waals surface area contributed by atoms with E-state index in [1.54, 1.807) is 34.7 Å². The minimum Gasteiger partial charge on any atom is -0.480 e. The Bertz CT molecular complexity index is 364. The predicted octanol–water partition coefficient (Wildman–Crippen LogP) is 1.45. The van der Waals surface area contributed by atoms with Gasteiger partial charge in [-0.05, 0) is 47.6 Å². The summed E-state index contributed by atoms with van der Waals surface area (Å²) in [6, 6.07) is -0.174. The van der Waals surface area contributed by atoms with E-state index in [1.165, 1.54) is 0 Å². The quantitative estimate of drug-likeness (QED) is 0.795. The fourth-order valence-corrected chi connectivity index (χ4v) is 2.18. The average molecular weight is 272 g/mol. The Morgan fingerprint density at radius 1 is 1.42 bits per heavy atom. The topological polar surface area (TPSA) is 78.9 Å². The van der Waals surface area contributed by atoms with Crippen LogP contribution in [0.4, 0.5) is 4.79 Å². The van der Waals surface area contributed by atoms with Gasteiger partial charge >= 0.3 is 12.1 Å². The highest BCUT2D eigenvalue weighted by atomic mass is 16.6. The fraction of sp³-hybridized carbons (Fsp3) is 0.846. The van der Waals surface area contributed by atoms with E-state index in [-0.39, 0.29) is 6.04 Å². The zero-order valence-corrected chi connectivity index (χ0v) is 12.3. The van der Waals surface area contributed by atoms with Crippen molar-refractivity contribution < 1.29 is 19.4 Å². The SMILES string of the molecule is CN1CCC(NC(=O)OC(C)(C)C)CC1(C)C(=O)O. The van der Waals surface area contributed by atoms with E-state index in [0.29, 0.717) is 13.0 Å². The Hall–Kier alpha value is -1.30. The molecule has 1 fully saturated rings. The molecule has 0 bridgehead atoms. The molecular weight excluding hydrogens is 248 g/mol. The van der Waals surface area contributed by atoms with E-state index in [9.17, 15) is 14.7 Å². The number of ether oxygens (including phenoxy) is 1. The summed E-state index contributed by atoms with van der Waals surface area (Å²) in [7, 11) is 1.79. The number of piperidine rings is 1. The van der Waals surface area contributed by atoms with Crippen LogP contribution in [0, 0.1) is 0 Å². The highest BCUT2D eigenvalue weighted by Crippen LogP contribution is 2.27. The Labute approximate surface area is 114 Å². The zero-order chi connectivity index (χ0) is 14.8. The number of nitrogens with zero attached hydrogens (tertiary/aromatic N) is 1. The van der Waals surface area contributed by atoms with E-state index >= 15 is 0 Å². The first-order valence-electron chi connectivity index (χ1n) is 6.49. The van der Waals surface area contributed by atoms with E-state index in [0.717, 1.165) is 6.42 Å². The number of aliphatic carboxylic acids is 1. The highest BCUT2D eigenvalue weighted by Gasteiger charge is 2.43. The first-order chi connectivity index (χ1) is 8.54. The lowest BCUT2D eigenvalue weighted by Crippen LogP contribution is -2.59.